The first-order valence-corrected chi connectivity index (χ1v) is 6.54. The predicted molar refractivity (Wildman–Crippen MR) is 74.9 cm³/mol. The molecule has 5 heteroatoms. The summed E-state index contributed by atoms with van der Waals surface area (Å²) in [5.41, 5.74) is 3.32. The number of aromatic carboxylic acids is 1. The maximum atomic E-state index is 11.2. The second kappa shape index (κ2) is 4.92. The Labute approximate surface area is 116 Å². The van der Waals surface area contributed by atoms with Gasteiger partial charge >= 0.3 is 5.97 Å². The van der Waals surface area contributed by atoms with E-state index in [-0.39, 0.29) is 0 Å². The number of aryl methyl sites for hydroxylation is 1. The molecule has 20 heavy (non-hydrogen) atoms. The molecule has 0 aliphatic carbocycles. The average molecular weight is 269 g/mol. The molecule has 3 rings (SSSR count). The molecule has 1 N–H and O–H groups in total. The van der Waals surface area contributed by atoms with Crippen molar-refractivity contribution in [1.82, 2.24) is 9.97 Å². The maximum Gasteiger partial charge on any atom is 0.335 e. The minimum Gasteiger partial charge on any atom is -0.478 e. The minimum atomic E-state index is -0.859. The predicted octanol–water partition coefficient (Wildman–Crippen LogP) is 2.05. The molecule has 0 atom stereocenters. The molecule has 2 heterocycles. The number of anilines is 1. The van der Waals surface area contributed by atoms with Gasteiger partial charge < -0.3 is 10.0 Å². The Balaban J connectivity index is 1.93. The van der Waals surface area contributed by atoms with Gasteiger partial charge in [0.15, 0.2) is 0 Å². The van der Waals surface area contributed by atoms with Crippen LogP contribution in [0.15, 0.2) is 30.5 Å². The van der Waals surface area contributed by atoms with Crippen molar-refractivity contribution in [2.24, 2.45) is 0 Å². The van der Waals surface area contributed by atoms with Crippen molar-refractivity contribution < 1.29 is 9.90 Å². The number of aromatic nitrogens is 2. The summed E-state index contributed by atoms with van der Waals surface area (Å²) in [5, 5.41) is 9.22. The second-order valence-electron chi connectivity index (χ2n) is 4.92. The summed E-state index contributed by atoms with van der Waals surface area (Å²) in [4.78, 5) is 22.0. The highest BCUT2D eigenvalue weighted by Gasteiger charge is 2.22. The van der Waals surface area contributed by atoms with Crippen LogP contribution in [0.1, 0.15) is 27.2 Å². The highest BCUT2D eigenvalue weighted by molar-refractivity contribution is 5.90. The van der Waals surface area contributed by atoms with Crippen LogP contribution in [0.4, 0.5) is 5.95 Å². The topological polar surface area (TPSA) is 66.3 Å². The average Bonchev–Trinajstić information content (AvgIpc) is 2.46. The Kier molecular flexibility index (Phi) is 3.10. The molecule has 0 bridgehead atoms. The van der Waals surface area contributed by atoms with E-state index in [0.29, 0.717) is 24.5 Å². The van der Waals surface area contributed by atoms with Gasteiger partial charge in [0, 0.05) is 25.0 Å². The fraction of sp³-hybridized carbons (Fsp3) is 0.267. The van der Waals surface area contributed by atoms with Crippen molar-refractivity contribution in [3.63, 3.8) is 0 Å². The van der Waals surface area contributed by atoms with Crippen LogP contribution in [0.5, 0.6) is 0 Å². The van der Waals surface area contributed by atoms with Crippen LogP contribution in [0.3, 0.4) is 0 Å². The lowest BCUT2D eigenvalue weighted by Crippen LogP contribution is -2.32. The molecule has 0 amide bonds. The summed E-state index contributed by atoms with van der Waals surface area (Å²) in [6.07, 6.45) is 2.45. The summed E-state index contributed by atoms with van der Waals surface area (Å²) in [5.74, 6) is -0.154. The highest BCUT2D eigenvalue weighted by atomic mass is 16.4. The molecule has 0 saturated carbocycles. The first-order chi connectivity index (χ1) is 9.65. The Morgan fingerprint density at radius 3 is 2.95 bits per heavy atom. The Morgan fingerprint density at radius 1 is 1.35 bits per heavy atom. The Hall–Kier alpha value is -2.43. The van der Waals surface area contributed by atoms with E-state index in [2.05, 4.69) is 14.9 Å². The lowest BCUT2D eigenvalue weighted by atomic mass is 9.95. The van der Waals surface area contributed by atoms with E-state index in [9.17, 15) is 9.90 Å². The number of hydrogen-bond donors (Lipinski definition) is 1. The molecule has 2 aromatic rings. The van der Waals surface area contributed by atoms with Gasteiger partial charge in [-0.05, 0) is 36.6 Å². The van der Waals surface area contributed by atoms with Crippen LogP contribution >= 0.6 is 0 Å². The molecule has 0 spiro atoms. The molecule has 1 aromatic heterocycles. The highest BCUT2D eigenvalue weighted by Crippen LogP contribution is 2.24. The van der Waals surface area contributed by atoms with Crippen LogP contribution in [0.2, 0.25) is 0 Å². The van der Waals surface area contributed by atoms with Crippen molar-refractivity contribution in [1.29, 1.82) is 0 Å². The molecule has 5 nitrogen and oxygen atoms in total. The van der Waals surface area contributed by atoms with Crippen molar-refractivity contribution in [3.8, 4) is 0 Å². The van der Waals surface area contributed by atoms with Gasteiger partial charge in [0.25, 0.3) is 0 Å². The van der Waals surface area contributed by atoms with Gasteiger partial charge in [-0.1, -0.05) is 12.1 Å². The molecule has 0 radical (unpaired) electrons. The van der Waals surface area contributed by atoms with Crippen LogP contribution in [-0.2, 0) is 13.0 Å². The summed E-state index contributed by atoms with van der Waals surface area (Å²) in [6, 6.07) is 7.30. The minimum absolute atomic E-state index is 0.410. The van der Waals surface area contributed by atoms with Gasteiger partial charge in [0.05, 0.1) is 5.56 Å². The van der Waals surface area contributed by atoms with E-state index >= 15 is 0 Å². The molecule has 1 aliphatic heterocycles. The molecule has 102 valence electrons. The van der Waals surface area contributed by atoms with Gasteiger partial charge in [-0.25, -0.2) is 14.8 Å². The van der Waals surface area contributed by atoms with Crippen LogP contribution in [-0.4, -0.2) is 27.6 Å². The lowest BCUT2D eigenvalue weighted by molar-refractivity contribution is 0.0695. The van der Waals surface area contributed by atoms with Crippen molar-refractivity contribution in [3.05, 3.63) is 52.8 Å². The first kappa shape index (κ1) is 12.6. The fourth-order valence-corrected chi connectivity index (χ4v) is 2.57. The van der Waals surface area contributed by atoms with Crippen molar-refractivity contribution >= 4 is 11.9 Å². The second-order valence-corrected chi connectivity index (χ2v) is 4.92. The van der Waals surface area contributed by atoms with E-state index in [0.717, 1.165) is 23.4 Å². The van der Waals surface area contributed by atoms with E-state index in [4.69, 9.17) is 0 Å². The van der Waals surface area contributed by atoms with Gasteiger partial charge in [-0.3, -0.25) is 0 Å². The third-order valence-corrected chi connectivity index (χ3v) is 3.56. The molecule has 0 saturated heterocycles. The number of nitrogens with zero attached hydrogens (tertiary/aromatic N) is 3. The number of rotatable bonds is 2. The molecular formula is C15H15N3O2. The van der Waals surface area contributed by atoms with Crippen LogP contribution in [0, 0.1) is 6.92 Å². The monoisotopic (exact) mass is 269 g/mol. The normalized spacial score (nSPS) is 13.9. The molecular weight excluding hydrogens is 254 g/mol. The summed E-state index contributed by atoms with van der Waals surface area (Å²) >= 11 is 0. The number of benzene rings is 1. The molecule has 0 unspecified atom stereocenters. The number of carboxylic acids is 1. The fourth-order valence-electron chi connectivity index (χ4n) is 2.57. The van der Waals surface area contributed by atoms with E-state index in [1.165, 1.54) is 0 Å². The quantitative estimate of drug-likeness (QED) is 0.903. The number of fused-ring (bicyclic) bond motifs is 1. The lowest BCUT2D eigenvalue weighted by Gasteiger charge is -2.29. The number of carboxylic acid groups (broad SMARTS) is 1. The van der Waals surface area contributed by atoms with Crippen LogP contribution < -0.4 is 4.90 Å². The van der Waals surface area contributed by atoms with E-state index < -0.39 is 5.97 Å². The summed E-state index contributed by atoms with van der Waals surface area (Å²) < 4.78 is 0. The molecule has 0 fully saturated rings. The van der Waals surface area contributed by atoms with Gasteiger partial charge in [0.1, 0.15) is 0 Å². The maximum absolute atomic E-state index is 11.2. The van der Waals surface area contributed by atoms with Crippen LogP contribution in [0.25, 0.3) is 0 Å². The standard InChI is InChI=1S/C15H15N3O2/c1-10-5-7-16-15(17-10)18-8-6-12-11(9-18)3-2-4-13(12)14(19)20/h2-5,7H,6,8-9H2,1H3,(H,19,20). The Morgan fingerprint density at radius 2 is 2.20 bits per heavy atom. The zero-order chi connectivity index (χ0) is 14.1. The molecule has 1 aromatic carbocycles. The third-order valence-electron chi connectivity index (χ3n) is 3.56. The van der Waals surface area contributed by atoms with Crippen molar-refractivity contribution in [2.45, 2.75) is 19.9 Å². The van der Waals surface area contributed by atoms with Gasteiger partial charge in [-0.15, -0.1) is 0 Å². The Bertz CT molecular complexity index is 670. The molecule has 1 aliphatic rings. The largest absolute Gasteiger partial charge is 0.478 e. The third kappa shape index (κ3) is 2.22. The smallest absolute Gasteiger partial charge is 0.335 e. The summed E-state index contributed by atoms with van der Waals surface area (Å²) in [7, 11) is 0. The van der Waals surface area contributed by atoms with E-state index in [1.54, 1.807) is 18.3 Å². The van der Waals surface area contributed by atoms with E-state index in [1.807, 2.05) is 19.1 Å². The number of carbonyl (C=O) groups is 1. The first-order valence-electron chi connectivity index (χ1n) is 6.54. The van der Waals surface area contributed by atoms with Gasteiger partial charge in [-0.2, -0.15) is 0 Å². The number of hydrogen-bond acceptors (Lipinski definition) is 4. The zero-order valence-electron chi connectivity index (χ0n) is 11.2. The van der Waals surface area contributed by atoms with Gasteiger partial charge in [0.2, 0.25) is 5.95 Å². The SMILES string of the molecule is Cc1ccnc(N2CCc3c(cccc3C(=O)O)C2)n1. The summed E-state index contributed by atoms with van der Waals surface area (Å²) in [6.45, 7) is 3.33. The van der Waals surface area contributed by atoms with Crippen molar-refractivity contribution in [2.75, 3.05) is 11.4 Å². The zero-order valence-corrected chi connectivity index (χ0v) is 11.2.